The third kappa shape index (κ3) is 4.58. The maximum atomic E-state index is 12.5. The molecule has 23 heavy (non-hydrogen) atoms. The zero-order chi connectivity index (χ0) is 16.1. The molecule has 1 unspecified atom stereocenters. The van der Waals surface area contributed by atoms with Crippen LogP contribution in [0.3, 0.4) is 0 Å². The highest BCUT2D eigenvalue weighted by Crippen LogP contribution is 2.20. The van der Waals surface area contributed by atoms with Gasteiger partial charge in [-0.2, -0.15) is 0 Å². The van der Waals surface area contributed by atoms with E-state index in [2.05, 4.69) is 15.1 Å². The average Bonchev–Trinajstić information content (AvgIpc) is 3.25. The number of nitrogens with zero attached hydrogens (tertiary/aromatic N) is 3. The van der Waals surface area contributed by atoms with E-state index in [-0.39, 0.29) is 6.03 Å². The van der Waals surface area contributed by atoms with E-state index >= 15 is 0 Å². The first-order chi connectivity index (χ1) is 11.3. The van der Waals surface area contributed by atoms with E-state index < -0.39 is 0 Å². The molecule has 1 N–H and O–H groups in total. The summed E-state index contributed by atoms with van der Waals surface area (Å²) in [6, 6.07) is 1.09. The number of nitrogens with one attached hydrogen (secondary N) is 1. The standard InChI is InChI=1S/C17H32N4O2/c1-23-13-12-19-9-4-15(5-10-19)18-17(22)21-11-6-16(14-21)20-7-2-3-8-20/h15-16H,2-14H2,1H3,(H,18,22). The fraction of sp³-hybridized carbons (Fsp3) is 0.941. The van der Waals surface area contributed by atoms with Crippen LogP contribution < -0.4 is 5.32 Å². The number of carbonyl (C=O) groups is 1. The monoisotopic (exact) mass is 324 g/mol. The van der Waals surface area contributed by atoms with Crippen LogP contribution in [0.15, 0.2) is 0 Å². The number of rotatable bonds is 5. The van der Waals surface area contributed by atoms with E-state index in [1.807, 2.05) is 4.90 Å². The van der Waals surface area contributed by atoms with Gasteiger partial charge in [-0.15, -0.1) is 0 Å². The van der Waals surface area contributed by atoms with Crippen LogP contribution in [0.25, 0.3) is 0 Å². The Balaban J connectivity index is 1.37. The van der Waals surface area contributed by atoms with Crippen LogP contribution in [0.2, 0.25) is 0 Å². The molecular formula is C17H32N4O2. The molecule has 0 spiro atoms. The second-order valence-corrected chi connectivity index (χ2v) is 7.19. The number of carbonyl (C=O) groups excluding carboxylic acids is 1. The van der Waals surface area contributed by atoms with Crippen molar-refractivity contribution < 1.29 is 9.53 Å². The van der Waals surface area contributed by atoms with Crippen LogP contribution in [-0.4, -0.2) is 92.3 Å². The molecule has 3 aliphatic rings. The number of ether oxygens (including phenoxy) is 1. The number of methoxy groups -OCH3 is 1. The van der Waals surface area contributed by atoms with Gasteiger partial charge in [0.25, 0.3) is 0 Å². The molecule has 0 bridgehead atoms. The zero-order valence-electron chi connectivity index (χ0n) is 14.5. The Kier molecular flexibility index (Phi) is 6.14. The van der Waals surface area contributed by atoms with Crippen molar-refractivity contribution >= 4 is 6.03 Å². The Hall–Kier alpha value is -0.850. The van der Waals surface area contributed by atoms with Crippen LogP contribution in [0.4, 0.5) is 4.79 Å². The Morgan fingerprint density at radius 3 is 2.52 bits per heavy atom. The molecular weight excluding hydrogens is 292 g/mol. The van der Waals surface area contributed by atoms with Crippen molar-refractivity contribution in [2.75, 3.05) is 59.5 Å². The summed E-state index contributed by atoms with van der Waals surface area (Å²) in [4.78, 5) is 19.5. The van der Waals surface area contributed by atoms with Crippen LogP contribution in [-0.2, 0) is 4.74 Å². The Morgan fingerprint density at radius 1 is 1.09 bits per heavy atom. The van der Waals surface area contributed by atoms with Gasteiger partial charge < -0.3 is 19.9 Å². The summed E-state index contributed by atoms with van der Waals surface area (Å²) in [6.07, 6.45) is 5.90. The van der Waals surface area contributed by atoms with E-state index in [9.17, 15) is 4.79 Å². The highest BCUT2D eigenvalue weighted by Gasteiger charge is 2.32. The van der Waals surface area contributed by atoms with Crippen molar-refractivity contribution in [3.63, 3.8) is 0 Å². The van der Waals surface area contributed by atoms with Crippen molar-refractivity contribution in [3.8, 4) is 0 Å². The third-order valence-electron chi connectivity index (χ3n) is 5.63. The first-order valence-corrected chi connectivity index (χ1v) is 9.27. The molecule has 3 rings (SSSR count). The molecule has 1 atom stereocenters. The van der Waals surface area contributed by atoms with Gasteiger partial charge in [0.2, 0.25) is 0 Å². The fourth-order valence-corrected chi connectivity index (χ4v) is 4.12. The summed E-state index contributed by atoms with van der Waals surface area (Å²) in [5, 5.41) is 3.26. The van der Waals surface area contributed by atoms with Crippen molar-refractivity contribution in [2.45, 2.75) is 44.2 Å². The Morgan fingerprint density at radius 2 is 1.83 bits per heavy atom. The van der Waals surface area contributed by atoms with Crippen molar-refractivity contribution in [3.05, 3.63) is 0 Å². The summed E-state index contributed by atoms with van der Waals surface area (Å²) in [6.45, 7) is 8.19. The topological polar surface area (TPSA) is 48.1 Å². The predicted octanol–water partition coefficient (Wildman–Crippen LogP) is 0.977. The maximum absolute atomic E-state index is 12.5. The molecule has 0 aromatic rings. The molecule has 0 saturated carbocycles. The van der Waals surface area contributed by atoms with Crippen LogP contribution in [0.5, 0.6) is 0 Å². The van der Waals surface area contributed by atoms with Gasteiger partial charge in [0.05, 0.1) is 6.61 Å². The minimum Gasteiger partial charge on any atom is -0.383 e. The highest BCUT2D eigenvalue weighted by molar-refractivity contribution is 5.74. The minimum atomic E-state index is 0.155. The average molecular weight is 324 g/mol. The van der Waals surface area contributed by atoms with Crippen molar-refractivity contribution in [1.29, 1.82) is 0 Å². The van der Waals surface area contributed by atoms with Crippen molar-refractivity contribution in [1.82, 2.24) is 20.0 Å². The number of hydrogen-bond donors (Lipinski definition) is 1. The molecule has 6 heteroatoms. The third-order valence-corrected chi connectivity index (χ3v) is 5.63. The molecule has 0 aromatic carbocycles. The summed E-state index contributed by atoms with van der Waals surface area (Å²) in [7, 11) is 1.75. The molecule has 132 valence electrons. The number of piperidine rings is 1. The highest BCUT2D eigenvalue weighted by atomic mass is 16.5. The molecule has 3 saturated heterocycles. The lowest BCUT2D eigenvalue weighted by atomic mass is 10.1. The summed E-state index contributed by atoms with van der Waals surface area (Å²) in [5.41, 5.74) is 0. The first-order valence-electron chi connectivity index (χ1n) is 9.27. The van der Waals surface area contributed by atoms with Gasteiger partial charge >= 0.3 is 6.03 Å². The van der Waals surface area contributed by atoms with Crippen LogP contribution in [0, 0.1) is 0 Å². The van der Waals surface area contributed by atoms with E-state index in [0.717, 1.165) is 58.6 Å². The SMILES string of the molecule is COCCN1CCC(NC(=O)N2CCC(N3CCCC3)C2)CC1. The molecule has 0 radical (unpaired) electrons. The largest absolute Gasteiger partial charge is 0.383 e. The first kappa shape index (κ1) is 17.0. The van der Waals surface area contributed by atoms with Gasteiger partial charge in [-0.3, -0.25) is 4.90 Å². The molecule has 2 amide bonds. The maximum Gasteiger partial charge on any atom is 0.317 e. The lowest BCUT2D eigenvalue weighted by molar-refractivity contribution is 0.125. The number of amides is 2. The lowest BCUT2D eigenvalue weighted by Crippen LogP contribution is -2.49. The summed E-state index contributed by atoms with van der Waals surface area (Å²) >= 11 is 0. The van der Waals surface area contributed by atoms with E-state index in [1.165, 1.54) is 25.9 Å². The van der Waals surface area contributed by atoms with Gasteiger partial charge in [0.1, 0.15) is 0 Å². The molecule has 0 aliphatic carbocycles. The van der Waals surface area contributed by atoms with Gasteiger partial charge in [-0.1, -0.05) is 0 Å². The number of hydrogen-bond acceptors (Lipinski definition) is 4. The Bertz CT molecular complexity index is 379. The zero-order valence-corrected chi connectivity index (χ0v) is 14.5. The summed E-state index contributed by atoms with van der Waals surface area (Å²) in [5.74, 6) is 0. The van der Waals surface area contributed by atoms with Gasteiger partial charge in [-0.05, 0) is 45.2 Å². The quantitative estimate of drug-likeness (QED) is 0.819. The number of likely N-dealkylation sites (tertiary alicyclic amines) is 3. The predicted molar refractivity (Wildman–Crippen MR) is 90.7 cm³/mol. The number of urea groups is 1. The summed E-state index contributed by atoms with van der Waals surface area (Å²) < 4.78 is 5.13. The normalized spacial score (nSPS) is 27.7. The second-order valence-electron chi connectivity index (χ2n) is 7.19. The Labute approximate surface area is 140 Å². The van der Waals surface area contributed by atoms with Crippen LogP contribution >= 0.6 is 0 Å². The molecule has 3 aliphatic heterocycles. The smallest absolute Gasteiger partial charge is 0.317 e. The van der Waals surface area contributed by atoms with E-state index in [4.69, 9.17) is 4.74 Å². The minimum absolute atomic E-state index is 0.155. The molecule has 0 aromatic heterocycles. The molecule has 6 nitrogen and oxygen atoms in total. The molecule has 3 fully saturated rings. The van der Waals surface area contributed by atoms with Gasteiger partial charge in [0, 0.05) is 51.9 Å². The van der Waals surface area contributed by atoms with E-state index in [0.29, 0.717) is 12.1 Å². The lowest BCUT2D eigenvalue weighted by Gasteiger charge is -2.33. The second kappa shape index (κ2) is 8.31. The molecule has 3 heterocycles. The fourth-order valence-electron chi connectivity index (χ4n) is 4.12. The van der Waals surface area contributed by atoms with Crippen LogP contribution in [0.1, 0.15) is 32.1 Å². The van der Waals surface area contributed by atoms with Crippen molar-refractivity contribution in [2.24, 2.45) is 0 Å². The van der Waals surface area contributed by atoms with Gasteiger partial charge in [0.15, 0.2) is 0 Å². The van der Waals surface area contributed by atoms with E-state index in [1.54, 1.807) is 7.11 Å². The van der Waals surface area contributed by atoms with Gasteiger partial charge in [-0.25, -0.2) is 4.79 Å².